The van der Waals surface area contributed by atoms with Gasteiger partial charge in [0.25, 0.3) is 5.91 Å². The van der Waals surface area contributed by atoms with Gasteiger partial charge in [0.2, 0.25) is 0 Å². The van der Waals surface area contributed by atoms with Crippen molar-refractivity contribution in [2.24, 2.45) is 0 Å². The summed E-state index contributed by atoms with van der Waals surface area (Å²) in [7, 11) is 1.55. The first-order valence-corrected chi connectivity index (χ1v) is 11.8. The molecule has 174 valence electrons. The molecule has 0 bridgehead atoms. The van der Waals surface area contributed by atoms with Gasteiger partial charge in [-0.3, -0.25) is 4.79 Å². The van der Waals surface area contributed by atoms with Gasteiger partial charge in [-0.15, -0.1) is 0 Å². The average molecular weight is 527 g/mol. The van der Waals surface area contributed by atoms with E-state index in [0.29, 0.717) is 34.7 Å². The van der Waals surface area contributed by atoms with Crippen molar-refractivity contribution in [1.82, 2.24) is 5.32 Å². The molecule has 0 aliphatic carbocycles. The molecule has 0 unspecified atom stereocenters. The van der Waals surface area contributed by atoms with E-state index in [-0.39, 0.29) is 5.57 Å². The summed E-state index contributed by atoms with van der Waals surface area (Å²) in [5.74, 6) is 0.608. The highest BCUT2D eigenvalue weighted by Crippen LogP contribution is 2.35. The highest BCUT2D eigenvalue weighted by atomic mass is 79.9. The number of amides is 1. The Balaban J connectivity index is 1.53. The summed E-state index contributed by atoms with van der Waals surface area (Å²) in [5.41, 5.74) is 2.64. The van der Waals surface area contributed by atoms with E-state index in [9.17, 15) is 10.1 Å². The standard InChI is InChI=1S/C29H23BrN2O3/c1-34-27-15-23(14-24(17-31)29(33)32-18-20-8-3-2-4-9-20)26(30)16-28(27)35-19-22-12-7-11-21-10-5-6-13-25(21)22/h2-16H,18-19H2,1H3,(H,32,33)/b24-14-. The topological polar surface area (TPSA) is 71.3 Å². The zero-order chi connectivity index (χ0) is 24.6. The summed E-state index contributed by atoms with van der Waals surface area (Å²) < 4.78 is 12.3. The molecule has 4 rings (SSSR count). The third-order valence-corrected chi connectivity index (χ3v) is 6.19. The molecule has 0 heterocycles. The minimum atomic E-state index is -0.446. The Morgan fingerprint density at radius 3 is 2.51 bits per heavy atom. The van der Waals surface area contributed by atoms with Crippen LogP contribution in [0.1, 0.15) is 16.7 Å². The van der Waals surface area contributed by atoms with Crippen LogP contribution in [0.2, 0.25) is 0 Å². The number of nitriles is 1. The molecular formula is C29H23BrN2O3. The number of halogens is 1. The summed E-state index contributed by atoms with van der Waals surface area (Å²) in [6.45, 7) is 0.703. The van der Waals surface area contributed by atoms with Crippen LogP contribution in [0.5, 0.6) is 11.5 Å². The number of nitrogens with one attached hydrogen (secondary N) is 1. The zero-order valence-corrected chi connectivity index (χ0v) is 20.7. The van der Waals surface area contributed by atoms with Crippen LogP contribution in [0.4, 0.5) is 0 Å². The minimum Gasteiger partial charge on any atom is -0.493 e. The minimum absolute atomic E-state index is 0.00638. The number of rotatable bonds is 8. The fraction of sp³-hybridized carbons (Fsp3) is 0.103. The SMILES string of the molecule is COc1cc(/C=C(/C#N)C(=O)NCc2ccccc2)c(Br)cc1OCc1cccc2ccccc12. The largest absolute Gasteiger partial charge is 0.493 e. The molecule has 6 heteroatoms. The van der Waals surface area contributed by atoms with Crippen LogP contribution in [-0.2, 0) is 17.9 Å². The van der Waals surface area contributed by atoms with Crippen LogP contribution in [0.15, 0.2) is 95.0 Å². The summed E-state index contributed by atoms with van der Waals surface area (Å²) >= 11 is 3.54. The van der Waals surface area contributed by atoms with E-state index < -0.39 is 5.91 Å². The van der Waals surface area contributed by atoms with Gasteiger partial charge in [-0.05, 0) is 45.7 Å². The summed E-state index contributed by atoms with van der Waals surface area (Å²) in [5, 5.41) is 14.6. The molecule has 0 saturated carbocycles. The average Bonchev–Trinajstić information content (AvgIpc) is 2.90. The number of fused-ring (bicyclic) bond motifs is 1. The Hall–Kier alpha value is -4.08. The van der Waals surface area contributed by atoms with Crippen molar-refractivity contribution < 1.29 is 14.3 Å². The molecule has 0 aliphatic heterocycles. The molecule has 35 heavy (non-hydrogen) atoms. The van der Waals surface area contributed by atoms with Gasteiger partial charge in [0, 0.05) is 11.0 Å². The molecule has 0 radical (unpaired) electrons. The highest BCUT2D eigenvalue weighted by Gasteiger charge is 2.14. The lowest BCUT2D eigenvalue weighted by atomic mass is 10.1. The second-order valence-electron chi connectivity index (χ2n) is 7.79. The van der Waals surface area contributed by atoms with Crippen LogP contribution < -0.4 is 14.8 Å². The lowest BCUT2D eigenvalue weighted by molar-refractivity contribution is -0.117. The molecule has 0 aliphatic rings. The van der Waals surface area contributed by atoms with E-state index in [4.69, 9.17) is 9.47 Å². The molecule has 0 fully saturated rings. The van der Waals surface area contributed by atoms with Gasteiger partial charge in [0.15, 0.2) is 11.5 Å². The van der Waals surface area contributed by atoms with Gasteiger partial charge in [-0.2, -0.15) is 5.26 Å². The van der Waals surface area contributed by atoms with Gasteiger partial charge in [-0.25, -0.2) is 0 Å². The Morgan fingerprint density at radius 1 is 1.00 bits per heavy atom. The van der Waals surface area contributed by atoms with E-state index in [0.717, 1.165) is 21.9 Å². The smallest absolute Gasteiger partial charge is 0.262 e. The number of carbonyl (C=O) groups is 1. The predicted octanol–water partition coefficient (Wildman–Crippen LogP) is 6.41. The maximum absolute atomic E-state index is 12.6. The van der Waals surface area contributed by atoms with Gasteiger partial charge >= 0.3 is 0 Å². The quantitative estimate of drug-likeness (QED) is 0.212. The Kier molecular flexibility index (Phi) is 7.81. The first-order chi connectivity index (χ1) is 17.1. The second kappa shape index (κ2) is 11.4. The molecule has 0 spiro atoms. The predicted molar refractivity (Wildman–Crippen MR) is 141 cm³/mol. The van der Waals surface area contributed by atoms with Crippen molar-refractivity contribution in [3.8, 4) is 17.6 Å². The Labute approximate surface area is 212 Å². The number of hydrogen-bond donors (Lipinski definition) is 1. The third-order valence-electron chi connectivity index (χ3n) is 5.51. The van der Waals surface area contributed by atoms with Crippen LogP contribution in [0.3, 0.4) is 0 Å². The number of methoxy groups -OCH3 is 1. The van der Waals surface area contributed by atoms with E-state index in [1.165, 1.54) is 6.08 Å². The zero-order valence-electron chi connectivity index (χ0n) is 19.1. The van der Waals surface area contributed by atoms with E-state index in [1.54, 1.807) is 19.2 Å². The van der Waals surface area contributed by atoms with Crippen molar-refractivity contribution in [2.75, 3.05) is 7.11 Å². The molecule has 0 saturated heterocycles. The van der Waals surface area contributed by atoms with Crippen LogP contribution in [0, 0.1) is 11.3 Å². The molecule has 4 aromatic rings. The molecular weight excluding hydrogens is 504 g/mol. The molecule has 5 nitrogen and oxygen atoms in total. The number of carbonyl (C=O) groups excluding carboxylic acids is 1. The molecule has 4 aromatic carbocycles. The normalized spacial score (nSPS) is 11.1. The lowest BCUT2D eigenvalue weighted by Gasteiger charge is -2.14. The fourth-order valence-corrected chi connectivity index (χ4v) is 4.12. The number of nitrogens with zero attached hydrogens (tertiary/aromatic N) is 1. The number of hydrogen-bond acceptors (Lipinski definition) is 4. The number of benzene rings is 4. The van der Waals surface area contributed by atoms with Crippen molar-refractivity contribution in [2.45, 2.75) is 13.2 Å². The van der Waals surface area contributed by atoms with Crippen LogP contribution in [-0.4, -0.2) is 13.0 Å². The highest BCUT2D eigenvalue weighted by molar-refractivity contribution is 9.10. The number of ether oxygens (including phenoxy) is 2. The summed E-state index contributed by atoms with van der Waals surface area (Å²) in [6, 6.07) is 29.3. The van der Waals surface area contributed by atoms with Crippen LogP contribution in [0.25, 0.3) is 16.8 Å². The van der Waals surface area contributed by atoms with Gasteiger partial charge in [0.05, 0.1) is 7.11 Å². The van der Waals surface area contributed by atoms with E-state index in [2.05, 4.69) is 39.4 Å². The maximum Gasteiger partial charge on any atom is 0.262 e. The maximum atomic E-state index is 12.6. The van der Waals surface area contributed by atoms with Crippen LogP contribution >= 0.6 is 15.9 Å². The van der Waals surface area contributed by atoms with Gasteiger partial charge in [0.1, 0.15) is 18.2 Å². The van der Waals surface area contributed by atoms with Crippen molar-refractivity contribution >= 4 is 38.7 Å². The summed E-state index contributed by atoms with van der Waals surface area (Å²) in [6.07, 6.45) is 1.53. The van der Waals surface area contributed by atoms with Crippen molar-refractivity contribution in [3.05, 3.63) is 112 Å². The van der Waals surface area contributed by atoms with Gasteiger partial charge in [-0.1, -0.05) is 88.7 Å². The molecule has 0 aromatic heterocycles. The Bertz CT molecular complexity index is 1420. The monoisotopic (exact) mass is 526 g/mol. The molecule has 1 amide bonds. The first kappa shape index (κ1) is 24.1. The second-order valence-corrected chi connectivity index (χ2v) is 8.64. The summed E-state index contributed by atoms with van der Waals surface area (Å²) in [4.78, 5) is 12.6. The van der Waals surface area contributed by atoms with Gasteiger partial charge < -0.3 is 14.8 Å². The molecule has 1 N–H and O–H groups in total. The molecule has 0 atom stereocenters. The Morgan fingerprint density at radius 2 is 1.74 bits per heavy atom. The fourth-order valence-electron chi connectivity index (χ4n) is 3.69. The van der Waals surface area contributed by atoms with E-state index >= 15 is 0 Å². The third kappa shape index (κ3) is 5.89. The van der Waals surface area contributed by atoms with E-state index in [1.807, 2.05) is 60.7 Å². The first-order valence-electron chi connectivity index (χ1n) is 11.0. The lowest BCUT2D eigenvalue weighted by Crippen LogP contribution is -2.23. The van der Waals surface area contributed by atoms with Crippen molar-refractivity contribution in [3.63, 3.8) is 0 Å². The van der Waals surface area contributed by atoms with Crippen molar-refractivity contribution in [1.29, 1.82) is 5.26 Å².